The second kappa shape index (κ2) is 10.7. The van der Waals surface area contributed by atoms with E-state index in [4.69, 9.17) is 4.74 Å². The lowest BCUT2D eigenvalue weighted by molar-refractivity contribution is -0.906. The van der Waals surface area contributed by atoms with Crippen LogP contribution in [0.1, 0.15) is 35.6 Å². The summed E-state index contributed by atoms with van der Waals surface area (Å²) < 4.78 is 32.9. The summed E-state index contributed by atoms with van der Waals surface area (Å²) in [7, 11) is -3.43. The molecule has 1 saturated heterocycles. The lowest BCUT2D eigenvalue weighted by Gasteiger charge is -2.32. The first-order valence-electron chi connectivity index (χ1n) is 11.5. The molecule has 0 saturated carbocycles. The number of quaternary nitrogens is 1. The number of rotatable bonds is 8. The molecular weight excluding hydrogens is 424 g/mol. The van der Waals surface area contributed by atoms with Crippen molar-refractivity contribution >= 4 is 16.1 Å². The van der Waals surface area contributed by atoms with Crippen LogP contribution in [0.25, 0.3) is 6.08 Å². The molecule has 1 fully saturated rings. The number of ether oxygens (including phenoxy) is 1. The molecular formula is C25H33N2O4S+. The van der Waals surface area contributed by atoms with E-state index in [1.165, 1.54) is 25.7 Å². The Morgan fingerprint density at radius 3 is 2.59 bits per heavy atom. The largest absolute Gasteiger partial charge is 0.385 e. The van der Waals surface area contributed by atoms with Gasteiger partial charge in [-0.3, -0.25) is 0 Å². The maximum atomic E-state index is 12.6. The normalized spacial score (nSPS) is 21.5. The molecule has 1 aliphatic heterocycles. The Morgan fingerprint density at radius 2 is 1.81 bits per heavy atom. The van der Waals surface area contributed by atoms with E-state index in [1.54, 1.807) is 6.08 Å². The van der Waals surface area contributed by atoms with Gasteiger partial charge < -0.3 is 14.7 Å². The Hall–Kier alpha value is -2.03. The molecule has 172 valence electrons. The minimum atomic E-state index is -3.43. The third-order valence-corrected chi connectivity index (χ3v) is 7.91. The van der Waals surface area contributed by atoms with Gasteiger partial charge in [0.1, 0.15) is 12.6 Å². The molecule has 2 N–H and O–H groups in total. The van der Waals surface area contributed by atoms with Crippen LogP contribution in [0, 0.1) is 0 Å². The molecule has 0 unspecified atom stereocenters. The molecule has 0 spiro atoms. The molecule has 1 aliphatic carbocycles. The zero-order chi connectivity index (χ0) is 22.4. The van der Waals surface area contributed by atoms with E-state index in [0.717, 1.165) is 24.8 Å². The number of piperazine rings is 1. The van der Waals surface area contributed by atoms with Crippen LogP contribution in [-0.2, 0) is 21.2 Å². The first kappa shape index (κ1) is 23.1. The average Bonchev–Trinajstić information content (AvgIpc) is 2.82. The average molecular weight is 458 g/mol. The maximum Gasteiger partial charge on any atom is 0.236 e. The summed E-state index contributed by atoms with van der Waals surface area (Å²) in [5.74, 6) is 0. The lowest BCUT2D eigenvalue weighted by Crippen LogP contribution is -3.15. The van der Waals surface area contributed by atoms with E-state index in [9.17, 15) is 13.5 Å². The van der Waals surface area contributed by atoms with Crippen molar-refractivity contribution in [3.05, 3.63) is 76.7 Å². The van der Waals surface area contributed by atoms with Crippen LogP contribution >= 0.6 is 0 Å². The lowest BCUT2D eigenvalue weighted by atomic mass is 9.89. The van der Waals surface area contributed by atoms with Gasteiger partial charge in [-0.15, -0.1) is 0 Å². The fraction of sp³-hybridized carbons (Fsp3) is 0.440. The van der Waals surface area contributed by atoms with E-state index < -0.39 is 16.1 Å². The summed E-state index contributed by atoms with van der Waals surface area (Å²) >= 11 is 0. The first-order valence-corrected chi connectivity index (χ1v) is 13.0. The summed E-state index contributed by atoms with van der Waals surface area (Å²) in [5, 5.41) is 11.8. The molecule has 2 aliphatic rings. The summed E-state index contributed by atoms with van der Waals surface area (Å²) in [5.41, 5.74) is 3.47. The summed E-state index contributed by atoms with van der Waals surface area (Å²) in [6.07, 6.45) is 4.33. The van der Waals surface area contributed by atoms with Gasteiger partial charge in [0.05, 0.1) is 38.9 Å². The SMILES string of the molecule is O=S(=O)(/C=C/c1ccccc1)N1CC[NH+](C[C@@H](O)CO[C@H]2CCCc3ccccc32)CC1. The smallest absolute Gasteiger partial charge is 0.236 e. The van der Waals surface area contributed by atoms with Gasteiger partial charge in [0.2, 0.25) is 10.0 Å². The van der Waals surface area contributed by atoms with Crippen molar-refractivity contribution in [2.24, 2.45) is 0 Å². The Balaban J connectivity index is 1.22. The molecule has 2 aromatic carbocycles. The minimum absolute atomic E-state index is 0.0583. The number of hydrogen-bond donors (Lipinski definition) is 2. The Bertz CT molecular complexity index is 1000. The van der Waals surface area contributed by atoms with Crippen molar-refractivity contribution in [1.82, 2.24) is 4.31 Å². The zero-order valence-electron chi connectivity index (χ0n) is 18.4. The van der Waals surface area contributed by atoms with Crippen molar-refractivity contribution in [2.75, 3.05) is 39.3 Å². The van der Waals surface area contributed by atoms with Crippen LogP contribution in [-0.4, -0.2) is 63.3 Å². The van der Waals surface area contributed by atoms with Crippen molar-refractivity contribution in [1.29, 1.82) is 0 Å². The van der Waals surface area contributed by atoms with Gasteiger partial charge in [-0.2, -0.15) is 4.31 Å². The number of nitrogens with one attached hydrogen (secondary N) is 1. The van der Waals surface area contributed by atoms with Crippen LogP contribution in [0.4, 0.5) is 0 Å². The zero-order valence-corrected chi connectivity index (χ0v) is 19.2. The monoisotopic (exact) mass is 457 g/mol. The summed E-state index contributed by atoms with van der Waals surface area (Å²) in [6.45, 7) is 3.16. The predicted molar refractivity (Wildman–Crippen MR) is 126 cm³/mol. The number of sulfonamides is 1. The molecule has 2 atom stereocenters. The molecule has 1 heterocycles. The van der Waals surface area contributed by atoms with Crippen LogP contribution in [0.15, 0.2) is 60.0 Å². The fourth-order valence-electron chi connectivity index (χ4n) is 4.58. The minimum Gasteiger partial charge on any atom is -0.385 e. The van der Waals surface area contributed by atoms with Gasteiger partial charge in [-0.1, -0.05) is 54.6 Å². The van der Waals surface area contributed by atoms with Crippen LogP contribution in [0.5, 0.6) is 0 Å². The summed E-state index contributed by atoms with van der Waals surface area (Å²) in [6, 6.07) is 17.8. The molecule has 4 rings (SSSR count). The van der Waals surface area contributed by atoms with Crippen LogP contribution in [0.3, 0.4) is 0 Å². The van der Waals surface area contributed by atoms with Gasteiger partial charge in [0.15, 0.2) is 0 Å². The Labute approximate surface area is 191 Å². The number of fused-ring (bicyclic) bond motifs is 1. The van der Waals surface area contributed by atoms with Crippen molar-refractivity contribution in [3.63, 3.8) is 0 Å². The highest BCUT2D eigenvalue weighted by Gasteiger charge is 2.29. The van der Waals surface area contributed by atoms with Gasteiger partial charge in [0.25, 0.3) is 0 Å². The molecule has 6 nitrogen and oxygen atoms in total. The van der Waals surface area contributed by atoms with Crippen molar-refractivity contribution < 1.29 is 23.2 Å². The predicted octanol–water partition coefficient (Wildman–Crippen LogP) is 1.64. The van der Waals surface area contributed by atoms with Crippen molar-refractivity contribution in [2.45, 2.75) is 31.5 Å². The number of nitrogens with zero attached hydrogens (tertiary/aromatic N) is 1. The molecule has 0 aromatic heterocycles. The molecule has 2 aromatic rings. The first-order chi connectivity index (χ1) is 15.5. The van der Waals surface area contributed by atoms with E-state index >= 15 is 0 Å². The highest BCUT2D eigenvalue weighted by atomic mass is 32.2. The van der Waals surface area contributed by atoms with Gasteiger partial charge in [-0.05, 0) is 42.0 Å². The van der Waals surface area contributed by atoms with Gasteiger partial charge in [-0.25, -0.2) is 8.42 Å². The van der Waals surface area contributed by atoms with E-state index in [-0.39, 0.29) is 6.10 Å². The summed E-state index contributed by atoms with van der Waals surface area (Å²) in [4.78, 5) is 1.21. The topological polar surface area (TPSA) is 71.3 Å². The fourth-order valence-corrected chi connectivity index (χ4v) is 5.77. The highest BCUT2D eigenvalue weighted by Crippen LogP contribution is 2.32. The third kappa shape index (κ3) is 6.05. The third-order valence-electron chi connectivity index (χ3n) is 6.35. The van der Waals surface area contributed by atoms with E-state index in [2.05, 4.69) is 18.2 Å². The highest BCUT2D eigenvalue weighted by molar-refractivity contribution is 7.92. The van der Waals surface area contributed by atoms with Gasteiger partial charge in [0, 0.05) is 5.41 Å². The van der Waals surface area contributed by atoms with E-state index in [0.29, 0.717) is 39.3 Å². The van der Waals surface area contributed by atoms with Gasteiger partial charge >= 0.3 is 0 Å². The molecule has 32 heavy (non-hydrogen) atoms. The molecule has 0 bridgehead atoms. The molecule has 7 heteroatoms. The molecule has 0 amide bonds. The van der Waals surface area contributed by atoms with E-state index in [1.807, 2.05) is 36.4 Å². The second-order valence-corrected chi connectivity index (χ2v) is 10.5. The number of benzene rings is 2. The maximum absolute atomic E-state index is 12.6. The van der Waals surface area contributed by atoms with Crippen molar-refractivity contribution in [3.8, 4) is 0 Å². The quantitative estimate of drug-likeness (QED) is 0.632. The van der Waals surface area contributed by atoms with Crippen LogP contribution < -0.4 is 4.90 Å². The second-order valence-electron chi connectivity index (χ2n) is 8.68. The number of aryl methyl sites for hydroxylation is 1. The number of aliphatic hydroxyl groups is 1. The molecule has 0 radical (unpaired) electrons. The van der Waals surface area contributed by atoms with Crippen LogP contribution in [0.2, 0.25) is 0 Å². The Morgan fingerprint density at radius 1 is 1.09 bits per heavy atom. The number of aliphatic hydroxyl groups excluding tert-OH is 1. The Kier molecular flexibility index (Phi) is 7.75. The number of hydrogen-bond acceptors (Lipinski definition) is 4. The standard InChI is InChI=1S/C25H32N2O4S/c28-23(20-31-25-12-6-10-22-9-4-5-11-24(22)25)19-26-14-16-27(17-15-26)32(29,30)18-13-21-7-2-1-3-8-21/h1-5,7-9,11,13,18,23,25,28H,6,10,12,14-17,19-20H2/p+1/b18-13+/t23-,25+/m1/s1.